The van der Waals surface area contributed by atoms with Crippen LogP contribution in [0.5, 0.6) is 0 Å². The highest BCUT2D eigenvalue weighted by Crippen LogP contribution is 2.45. The number of carbonyl (C=O) groups is 4. The van der Waals surface area contributed by atoms with Gasteiger partial charge in [0.1, 0.15) is 19.3 Å². The van der Waals surface area contributed by atoms with Gasteiger partial charge >= 0.3 is 39.5 Å². The zero-order valence-electron chi connectivity index (χ0n) is 62.0. The van der Waals surface area contributed by atoms with Crippen LogP contribution in [0.15, 0.2) is 0 Å². The number of carbonyl (C=O) groups excluding carboxylic acids is 4. The van der Waals surface area contributed by atoms with Gasteiger partial charge in [0.05, 0.1) is 26.4 Å². The van der Waals surface area contributed by atoms with Gasteiger partial charge < -0.3 is 33.8 Å². The van der Waals surface area contributed by atoms with Crippen LogP contribution in [-0.4, -0.2) is 96.7 Å². The summed E-state index contributed by atoms with van der Waals surface area (Å²) in [6, 6.07) is 0. The first-order valence-electron chi connectivity index (χ1n) is 39.5. The lowest BCUT2D eigenvalue weighted by molar-refractivity contribution is -0.161. The van der Waals surface area contributed by atoms with Crippen molar-refractivity contribution in [3.05, 3.63) is 0 Å². The van der Waals surface area contributed by atoms with E-state index in [1.165, 1.54) is 199 Å². The van der Waals surface area contributed by atoms with Crippen LogP contribution in [-0.2, 0) is 65.4 Å². The SMILES string of the molecule is CCCCCCCCCCCCCCCCC(=O)O[C@H](COC(=O)CCCCCCCCC)COP(=O)(O)OC[C@H](O)COP(=O)(O)OC[C@@H](COC(=O)CCCCCCCCCCCCCCC(C)C)OC(=O)CCCCCCCCCCCCCCCCCCC(C)C. The van der Waals surface area contributed by atoms with Crippen molar-refractivity contribution in [3.63, 3.8) is 0 Å². The molecule has 3 N–H and O–H groups in total. The molecule has 0 aliphatic heterocycles. The van der Waals surface area contributed by atoms with E-state index in [0.717, 1.165) is 115 Å². The summed E-state index contributed by atoms with van der Waals surface area (Å²) < 4.78 is 68.4. The molecular weight excluding hydrogens is 1250 g/mol. The van der Waals surface area contributed by atoms with E-state index in [0.29, 0.717) is 25.7 Å². The maximum Gasteiger partial charge on any atom is 0.472 e. The highest BCUT2D eigenvalue weighted by atomic mass is 31.2. The molecule has 0 amide bonds. The van der Waals surface area contributed by atoms with E-state index in [4.69, 9.17) is 37.0 Å². The summed E-state index contributed by atoms with van der Waals surface area (Å²) in [6.07, 6.45) is 55.6. The lowest BCUT2D eigenvalue weighted by Gasteiger charge is -2.21. The molecule has 0 saturated carbocycles. The molecule has 0 aromatic rings. The Morgan fingerprint density at radius 1 is 0.284 bits per heavy atom. The molecule has 0 spiro atoms. The number of aliphatic hydroxyl groups is 1. The third-order valence-corrected chi connectivity index (χ3v) is 19.6. The Hall–Kier alpha value is -1.94. The monoisotopic (exact) mass is 1400 g/mol. The molecule has 0 rings (SSSR count). The van der Waals surface area contributed by atoms with Crippen LogP contribution in [0, 0.1) is 11.8 Å². The zero-order valence-corrected chi connectivity index (χ0v) is 63.8. The lowest BCUT2D eigenvalue weighted by Crippen LogP contribution is -2.30. The van der Waals surface area contributed by atoms with E-state index in [1.807, 2.05) is 0 Å². The van der Waals surface area contributed by atoms with Crippen molar-refractivity contribution in [1.29, 1.82) is 0 Å². The van der Waals surface area contributed by atoms with Gasteiger partial charge in [-0.1, -0.05) is 343 Å². The maximum absolute atomic E-state index is 13.1. The summed E-state index contributed by atoms with van der Waals surface area (Å²) in [5, 5.41) is 10.6. The third kappa shape index (κ3) is 70.3. The molecule has 0 radical (unpaired) electrons. The first kappa shape index (κ1) is 93.1. The third-order valence-electron chi connectivity index (χ3n) is 17.7. The van der Waals surface area contributed by atoms with Crippen LogP contribution in [0.1, 0.15) is 395 Å². The molecule has 0 saturated heterocycles. The van der Waals surface area contributed by atoms with Crippen molar-refractivity contribution >= 4 is 39.5 Å². The molecule has 0 aromatic heterocycles. The number of hydrogen-bond donors (Lipinski definition) is 3. The van der Waals surface area contributed by atoms with Gasteiger partial charge in [0.2, 0.25) is 0 Å². The molecule has 19 heteroatoms. The predicted molar refractivity (Wildman–Crippen MR) is 386 cm³/mol. The van der Waals surface area contributed by atoms with Gasteiger partial charge in [-0.15, -0.1) is 0 Å². The fraction of sp³-hybridized carbons (Fsp3) is 0.947. The van der Waals surface area contributed by atoms with E-state index in [9.17, 15) is 43.2 Å². The quantitative estimate of drug-likeness (QED) is 0.0222. The standard InChI is InChI=1S/C76H148O17P2/c1-7-9-11-13-15-16-17-18-24-31-36-42-48-54-60-75(80)92-71(64-86-73(78)58-52-46-38-14-12-10-8-2)66-90-94(82,83)88-62-70(77)63-89-95(84,85)91-67-72(65-87-74(79)59-53-47-41-35-30-27-26-29-34-40-45-51-57-69(5)6)93-76(81)61-55-49-43-37-32-25-22-20-19-21-23-28-33-39-44-50-56-68(3)4/h68-72,77H,7-67H2,1-6H3,(H,82,83)(H,84,85)/t70-,71+,72+/m0/s1. The average molecular weight is 1400 g/mol. The van der Waals surface area contributed by atoms with Crippen LogP contribution >= 0.6 is 15.6 Å². The fourth-order valence-electron chi connectivity index (χ4n) is 11.7. The number of aliphatic hydroxyl groups excluding tert-OH is 1. The summed E-state index contributed by atoms with van der Waals surface area (Å²) in [6.45, 7) is 9.60. The summed E-state index contributed by atoms with van der Waals surface area (Å²) in [5.41, 5.74) is 0. The Balaban J connectivity index is 5.19. The highest BCUT2D eigenvalue weighted by Gasteiger charge is 2.30. The van der Waals surface area contributed by atoms with Gasteiger partial charge in [0.25, 0.3) is 0 Å². The minimum absolute atomic E-state index is 0.108. The Morgan fingerprint density at radius 2 is 0.484 bits per heavy atom. The van der Waals surface area contributed by atoms with Crippen LogP contribution in [0.2, 0.25) is 0 Å². The number of unbranched alkanes of at least 4 members (excludes halogenated alkanes) is 45. The molecule has 95 heavy (non-hydrogen) atoms. The van der Waals surface area contributed by atoms with E-state index in [1.54, 1.807) is 0 Å². The number of esters is 4. The maximum atomic E-state index is 13.1. The molecular formula is C76H148O17P2. The van der Waals surface area contributed by atoms with Crippen molar-refractivity contribution in [2.24, 2.45) is 11.8 Å². The lowest BCUT2D eigenvalue weighted by atomic mass is 10.0. The van der Waals surface area contributed by atoms with Crippen LogP contribution in [0.25, 0.3) is 0 Å². The van der Waals surface area contributed by atoms with Crippen LogP contribution < -0.4 is 0 Å². The van der Waals surface area contributed by atoms with Crippen molar-refractivity contribution in [2.75, 3.05) is 39.6 Å². The summed E-state index contributed by atoms with van der Waals surface area (Å²) in [5.74, 6) is -0.527. The molecule has 0 aromatic carbocycles. The molecule has 0 bridgehead atoms. The molecule has 0 fully saturated rings. The highest BCUT2D eigenvalue weighted by molar-refractivity contribution is 7.47. The smallest absolute Gasteiger partial charge is 0.462 e. The minimum Gasteiger partial charge on any atom is -0.462 e. The minimum atomic E-state index is -4.96. The van der Waals surface area contributed by atoms with Gasteiger partial charge in [-0.3, -0.25) is 37.3 Å². The Bertz CT molecular complexity index is 1840. The second-order valence-corrected chi connectivity index (χ2v) is 31.3. The van der Waals surface area contributed by atoms with Crippen molar-refractivity contribution in [1.82, 2.24) is 0 Å². The summed E-state index contributed by atoms with van der Waals surface area (Å²) >= 11 is 0. The van der Waals surface area contributed by atoms with E-state index in [2.05, 4.69) is 41.5 Å². The normalized spacial score (nSPS) is 14.0. The zero-order chi connectivity index (χ0) is 70.0. The van der Waals surface area contributed by atoms with E-state index < -0.39 is 97.5 Å². The number of hydrogen-bond acceptors (Lipinski definition) is 15. The first-order valence-corrected chi connectivity index (χ1v) is 42.5. The number of phosphoric ester groups is 2. The molecule has 0 aliphatic carbocycles. The number of rotatable bonds is 75. The van der Waals surface area contributed by atoms with Gasteiger partial charge in [-0.2, -0.15) is 0 Å². The molecule has 2 unspecified atom stereocenters. The van der Waals surface area contributed by atoms with Gasteiger partial charge in [-0.05, 0) is 37.5 Å². The second-order valence-electron chi connectivity index (χ2n) is 28.3. The molecule has 17 nitrogen and oxygen atoms in total. The van der Waals surface area contributed by atoms with Crippen molar-refractivity contribution in [2.45, 2.75) is 413 Å². The summed E-state index contributed by atoms with van der Waals surface area (Å²) in [7, 11) is -9.91. The van der Waals surface area contributed by atoms with Gasteiger partial charge in [0, 0.05) is 25.7 Å². The predicted octanol–water partition coefficient (Wildman–Crippen LogP) is 22.3. The first-order chi connectivity index (χ1) is 45.9. The number of ether oxygens (including phenoxy) is 4. The van der Waals surface area contributed by atoms with Crippen molar-refractivity contribution < 1.29 is 80.2 Å². The van der Waals surface area contributed by atoms with Crippen LogP contribution in [0.3, 0.4) is 0 Å². The molecule has 564 valence electrons. The number of phosphoric acid groups is 2. The molecule has 0 heterocycles. The van der Waals surface area contributed by atoms with Gasteiger partial charge in [0.15, 0.2) is 12.2 Å². The Labute approximate surface area is 581 Å². The topological polar surface area (TPSA) is 237 Å². The fourth-order valence-corrected chi connectivity index (χ4v) is 13.2. The van der Waals surface area contributed by atoms with Crippen LogP contribution in [0.4, 0.5) is 0 Å². The Kier molecular flexibility index (Phi) is 66.5. The largest absolute Gasteiger partial charge is 0.472 e. The average Bonchev–Trinajstić information content (AvgIpc) is 1.34. The molecule has 5 atom stereocenters. The Morgan fingerprint density at radius 3 is 0.716 bits per heavy atom. The van der Waals surface area contributed by atoms with E-state index >= 15 is 0 Å². The molecule has 0 aliphatic rings. The van der Waals surface area contributed by atoms with E-state index in [-0.39, 0.29) is 25.7 Å². The van der Waals surface area contributed by atoms with Gasteiger partial charge in [-0.25, -0.2) is 9.13 Å². The summed E-state index contributed by atoms with van der Waals surface area (Å²) in [4.78, 5) is 72.7. The van der Waals surface area contributed by atoms with Crippen molar-refractivity contribution in [3.8, 4) is 0 Å². The second kappa shape index (κ2) is 67.9.